The third-order valence-corrected chi connectivity index (χ3v) is 5.79. The maximum atomic E-state index is 6.02. The Bertz CT molecular complexity index is 805. The largest absolute Gasteiger partial charge is 0.373 e. The predicted octanol–water partition coefficient (Wildman–Crippen LogP) is 2.67. The summed E-state index contributed by atoms with van der Waals surface area (Å²) in [4.78, 5) is 10.3. The molecule has 7 heteroatoms. The van der Waals surface area contributed by atoms with Gasteiger partial charge in [0.25, 0.3) is 0 Å². The molecule has 0 spiro atoms. The second kappa shape index (κ2) is 9.93. The van der Waals surface area contributed by atoms with Gasteiger partial charge in [0, 0.05) is 49.8 Å². The van der Waals surface area contributed by atoms with Gasteiger partial charge in [0.1, 0.15) is 0 Å². The van der Waals surface area contributed by atoms with Crippen LogP contribution in [-0.4, -0.2) is 67.8 Å². The molecule has 3 heterocycles. The number of aromatic amines is 1. The molecular formula is C21H32IN5O. The quantitative estimate of drug-likeness (QED) is 0.338. The smallest absolute Gasteiger partial charge is 0.191 e. The van der Waals surface area contributed by atoms with Crippen LogP contribution >= 0.6 is 24.0 Å². The van der Waals surface area contributed by atoms with Crippen molar-refractivity contribution in [1.29, 1.82) is 0 Å². The summed E-state index contributed by atoms with van der Waals surface area (Å²) in [6.07, 6.45) is 5.92. The first kappa shape index (κ1) is 21.4. The Morgan fingerprint density at radius 3 is 3.11 bits per heavy atom. The number of rotatable bonds is 5. The summed E-state index contributed by atoms with van der Waals surface area (Å²) < 4.78 is 6.02. The first-order valence-corrected chi connectivity index (χ1v) is 10.1. The van der Waals surface area contributed by atoms with Gasteiger partial charge in [-0.3, -0.25) is 9.89 Å². The zero-order chi connectivity index (χ0) is 18.6. The fourth-order valence-corrected chi connectivity index (χ4v) is 4.26. The van der Waals surface area contributed by atoms with E-state index in [1.807, 2.05) is 7.05 Å². The number of ether oxygens (including phenoxy) is 1. The number of benzene rings is 1. The molecule has 3 N–H and O–H groups in total. The minimum atomic E-state index is 0. The SMILES string of the molecule is CN=C(NCCc1c[nH]c2cc(C)ccc12)NCC1CN2CCCC2CO1.I. The molecule has 1 aromatic heterocycles. The number of H-pyrrole nitrogens is 1. The fraction of sp³-hybridized carbons (Fsp3) is 0.571. The van der Waals surface area contributed by atoms with Gasteiger partial charge in [0.15, 0.2) is 5.96 Å². The van der Waals surface area contributed by atoms with E-state index in [1.54, 1.807) is 0 Å². The number of aliphatic imine (C=N–C) groups is 1. The first-order valence-electron chi connectivity index (χ1n) is 10.1. The van der Waals surface area contributed by atoms with E-state index in [4.69, 9.17) is 4.74 Å². The van der Waals surface area contributed by atoms with Crippen LogP contribution in [0.2, 0.25) is 0 Å². The first-order chi connectivity index (χ1) is 13.2. The second-order valence-electron chi connectivity index (χ2n) is 7.74. The van der Waals surface area contributed by atoms with Gasteiger partial charge >= 0.3 is 0 Å². The Kier molecular flexibility index (Phi) is 7.59. The van der Waals surface area contributed by atoms with Crippen molar-refractivity contribution in [3.05, 3.63) is 35.5 Å². The number of fused-ring (bicyclic) bond motifs is 2. The van der Waals surface area contributed by atoms with E-state index < -0.39 is 0 Å². The topological polar surface area (TPSA) is 64.7 Å². The highest BCUT2D eigenvalue weighted by Gasteiger charge is 2.32. The highest BCUT2D eigenvalue weighted by Crippen LogP contribution is 2.22. The van der Waals surface area contributed by atoms with Crippen molar-refractivity contribution in [2.24, 2.45) is 4.99 Å². The molecule has 2 saturated heterocycles. The fourth-order valence-electron chi connectivity index (χ4n) is 4.26. The monoisotopic (exact) mass is 497 g/mol. The Labute approximate surface area is 184 Å². The van der Waals surface area contributed by atoms with Crippen LogP contribution in [-0.2, 0) is 11.2 Å². The zero-order valence-electron chi connectivity index (χ0n) is 16.8. The molecule has 0 amide bonds. The van der Waals surface area contributed by atoms with Crippen LogP contribution in [0.4, 0.5) is 0 Å². The molecule has 2 aromatic rings. The van der Waals surface area contributed by atoms with Gasteiger partial charge in [0.05, 0.1) is 12.7 Å². The van der Waals surface area contributed by atoms with E-state index in [9.17, 15) is 0 Å². The number of nitrogens with zero attached hydrogens (tertiary/aromatic N) is 2. The average molecular weight is 497 g/mol. The summed E-state index contributed by atoms with van der Waals surface area (Å²) in [6.45, 7) is 6.90. The van der Waals surface area contributed by atoms with E-state index in [0.29, 0.717) is 6.04 Å². The second-order valence-corrected chi connectivity index (χ2v) is 7.74. The number of halogens is 1. The van der Waals surface area contributed by atoms with Gasteiger partial charge < -0.3 is 20.4 Å². The van der Waals surface area contributed by atoms with Crippen LogP contribution in [0.15, 0.2) is 29.4 Å². The van der Waals surface area contributed by atoms with Gasteiger partial charge in [0.2, 0.25) is 0 Å². The van der Waals surface area contributed by atoms with Crippen LogP contribution < -0.4 is 10.6 Å². The molecule has 2 aliphatic rings. The molecule has 0 radical (unpaired) electrons. The lowest BCUT2D eigenvalue weighted by Crippen LogP contribution is -2.51. The van der Waals surface area contributed by atoms with Crippen molar-refractivity contribution >= 4 is 40.8 Å². The molecule has 2 aliphatic heterocycles. The molecule has 154 valence electrons. The number of hydrogen-bond acceptors (Lipinski definition) is 3. The highest BCUT2D eigenvalue weighted by molar-refractivity contribution is 14.0. The summed E-state index contributed by atoms with van der Waals surface area (Å²) in [5.41, 5.74) is 3.83. The number of nitrogens with one attached hydrogen (secondary N) is 3. The number of aryl methyl sites for hydroxylation is 1. The maximum Gasteiger partial charge on any atom is 0.191 e. The summed E-state index contributed by atoms with van der Waals surface area (Å²) in [5.74, 6) is 0.845. The summed E-state index contributed by atoms with van der Waals surface area (Å²) in [6, 6.07) is 7.22. The Hall–Kier alpha value is -1.32. The van der Waals surface area contributed by atoms with Crippen LogP contribution in [0.25, 0.3) is 10.9 Å². The van der Waals surface area contributed by atoms with Gasteiger partial charge in [-0.1, -0.05) is 12.1 Å². The Balaban J connectivity index is 0.00000225. The number of hydrogen-bond donors (Lipinski definition) is 3. The lowest BCUT2D eigenvalue weighted by molar-refractivity contribution is -0.0453. The molecule has 4 rings (SSSR count). The third kappa shape index (κ3) is 4.99. The summed E-state index contributed by atoms with van der Waals surface area (Å²) in [5, 5.41) is 8.16. The Morgan fingerprint density at radius 2 is 2.25 bits per heavy atom. The van der Waals surface area contributed by atoms with Gasteiger partial charge in [-0.15, -0.1) is 24.0 Å². The number of morpholine rings is 1. The molecule has 0 aliphatic carbocycles. The number of guanidine groups is 1. The van der Waals surface area contributed by atoms with Crippen LogP contribution in [0.5, 0.6) is 0 Å². The molecule has 0 saturated carbocycles. The molecule has 28 heavy (non-hydrogen) atoms. The van der Waals surface area contributed by atoms with Gasteiger partial charge in [-0.2, -0.15) is 0 Å². The maximum absolute atomic E-state index is 6.02. The highest BCUT2D eigenvalue weighted by atomic mass is 127. The summed E-state index contributed by atoms with van der Waals surface area (Å²) in [7, 11) is 1.82. The Morgan fingerprint density at radius 1 is 1.36 bits per heavy atom. The van der Waals surface area contributed by atoms with Crippen molar-refractivity contribution < 1.29 is 4.74 Å². The average Bonchev–Trinajstić information content (AvgIpc) is 3.30. The number of aromatic nitrogens is 1. The van der Waals surface area contributed by atoms with E-state index in [-0.39, 0.29) is 30.1 Å². The van der Waals surface area contributed by atoms with E-state index in [2.05, 4.69) is 56.8 Å². The lowest BCUT2D eigenvalue weighted by atomic mass is 10.1. The van der Waals surface area contributed by atoms with Gasteiger partial charge in [-0.25, -0.2) is 0 Å². The van der Waals surface area contributed by atoms with Crippen molar-refractivity contribution in [2.45, 2.75) is 38.3 Å². The van der Waals surface area contributed by atoms with Gasteiger partial charge in [-0.05, 0) is 49.9 Å². The van der Waals surface area contributed by atoms with E-state index >= 15 is 0 Å². The molecule has 1 aromatic carbocycles. The van der Waals surface area contributed by atoms with Crippen molar-refractivity contribution in [3.63, 3.8) is 0 Å². The lowest BCUT2D eigenvalue weighted by Gasteiger charge is -2.35. The van der Waals surface area contributed by atoms with Crippen molar-refractivity contribution in [1.82, 2.24) is 20.5 Å². The van der Waals surface area contributed by atoms with Crippen molar-refractivity contribution in [3.8, 4) is 0 Å². The van der Waals surface area contributed by atoms with Crippen molar-refractivity contribution in [2.75, 3.05) is 39.8 Å². The van der Waals surface area contributed by atoms with Crippen LogP contribution in [0, 0.1) is 6.92 Å². The minimum Gasteiger partial charge on any atom is -0.373 e. The zero-order valence-corrected chi connectivity index (χ0v) is 19.2. The predicted molar refractivity (Wildman–Crippen MR) is 126 cm³/mol. The van der Waals surface area contributed by atoms with E-state index in [1.165, 1.54) is 41.4 Å². The standard InChI is InChI=1S/C21H31N5O.HI/c1-15-5-6-19-16(11-24-20(19)10-15)7-8-23-21(22-2)25-12-18-13-26-9-3-4-17(26)14-27-18;/h5-6,10-11,17-18,24H,3-4,7-9,12-14H2,1-2H3,(H2,22,23,25);1H. The molecule has 2 unspecified atom stereocenters. The van der Waals surface area contributed by atoms with Crippen LogP contribution in [0.1, 0.15) is 24.0 Å². The molecular weight excluding hydrogens is 465 g/mol. The van der Waals surface area contributed by atoms with Crippen LogP contribution in [0.3, 0.4) is 0 Å². The molecule has 6 nitrogen and oxygen atoms in total. The molecule has 2 atom stereocenters. The normalized spacial score (nSPS) is 22.7. The third-order valence-electron chi connectivity index (χ3n) is 5.79. The minimum absolute atomic E-state index is 0. The molecule has 0 bridgehead atoms. The summed E-state index contributed by atoms with van der Waals surface area (Å²) >= 11 is 0. The molecule has 2 fully saturated rings. The van der Waals surface area contributed by atoms with E-state index in [0.717, 1.165) is 38.6 Å².